The van der Waals surface area contributed by atoms with E-state index in [0.717, 1.165) is 15.8 Å². The van der Waals surface area contributed by atoms with Crippen molar-refractivity contribution < 1.29 is 0 Å². The second-order valence-electron chi connectivity index (χ2n) is 2.93. The smallest absolute Gasteiger partial charge is 0.0138 e. The van der Waals surface area contributed by atoms with Gasteiger partial charge in [0.15, 0.2) is 0 Å². The van der Waals surface area contributed by atoms with Crippen molar-refractivity contribution in [3.8, 4) is 0 Å². The van der Waals surface area contributed by atoms with Crippen molar-refractivity contribution >= 4 is 22.6 Å². The van der Waals surface area contributed by atoms with Gasteiger partial charge in [0, 0.05) is 3.92 Å². The fourth-order valence-electron chi connectivity index (χ4n) is 1.30. The Morgan fingerprint density at radius 3 is 2.00 bits per heavy atom. The average Bonchev–Trinajstić information content (AvgIpc) is 1.98. The molecule has 1 saturated carbocycles. The van der Waals surface area contributed by atoms with E-state index in [0.29, 0.717) is 0 Å². The van der Waals surface area contributed by atoms with Crippen LogP contribution in [-0.4, -0.2) is 3.92 Å². The van der Waals surface area contributed by atoms with Crippen molar-refractivity contribution in [2.45, 2.75) is 30.6 Å². The highest BCUT2D eigenvalue weighted by atomic mass is 127. The summed E-state index contributed by atoms with van der Waals surface area (Å²) in [4.78, 5) is 0. The van der Waals surface area contributed by atoms with E-state index in [4.69, 9.17) is 0 Å². The molecule has 0 aromatic carbocycles. The highest BCUT2D eigenvalue weighted by Crippen LogP contribution is 2.35. The van der Waals surface area contributed by atoms with Gasteiger partial charge in [0.1, 0.15) is 0 Å². The van der Waals surface area contributed by atoms with Crippen LogP contribution in [-0.2, 0) is 0 Å². The number of hydrogen-bond acceptors (Lipinski definition) is 0. The standard InChI is InChI=1S/C7H13I/c1-5-3-4-7(8)6(5)2/h5-7H,3-4H2,1-2H3/t5-,6+,7+/m1/s1. The Morgan fingerprint density at radius 1 is 1.25 bits per heavy atom. The summed E-state index contributed by atoms with van der Waals surface area (Å²) in [6.07, 6.45) is 2.90. The van der Waals surface area contributed by atoms with Gasteiger partial charge in [-0.3, -0.25) is 0 Å². The molecule has 0 saturated heterocycles. The van der Waals surface area contributed by atoms with Crippen LogP contribution in [0.2, 0.25) is 0 Å². The van der Waals surface area contributed by atoms with Crippen molar-refractivity contribution in [1.29, 1.82) is 0 Å². The summed E-state index contributed by atoms with van der Waals surface area (Å²) < 4.78 is 0.961. The molecule has 0 aliphatic heterocycles. The normalized spacial score (nSPS) is 47.6. The molecule has 0 amide bonds. The molecule has 0 unspecified atom stereocenters. The Labute approximate surface area is 65.2 Å². The largest absolute Gasteiger partial charge is 0.0823 e. The van der Waals surface area contributed by atoms with Crippen molar-refractivity contribution in [3.05, 3.63) is 0 Å². The summed E-state index contributed by atoms with van der Waals surface area (Å²) in [5.41, 5.74) is 0. The molecule has 8 heavy (non-hydrogen) atoms. The predicted molar refractivity (Wildman–Crippen MR) is 45.4 cm³/mol. The van der Waals surface area contributed by atoms with E-state index in [1.54, 1.807) is 0 Å². The number of hydrogen-bond donors (Lipinski definition) is 0. The van der Waals surface area contributed by atoms with E-state index in [2.05, 4.69) is 36.4 Å². The Kier molecular flexibility index (Phi) is 2.18. The zero-order valence-corrected chi connectivity index (χ0v) is 7.68. The molecule has 1 rings (SSSR count). The van der Waals surface area contributed by atoms with Crippen molar-refractivity contribution in [2.75, 3.05) is 0 Å². The van der Waals surface area contributed by atoms with E-state index in [1.165, 1.54) is 12.8 Å². The molecule has 0 bridgehead atoms. The van der Waals surface area contributed by atoms with Gasteiger partial charge >= 0.3 is 0 Å². The van der Waals surface area contributed by atoms with Crippen LogP contribution in [0.5, 0.6) is 0 Å². The zero-order chi connectivity index (χ0) is 6.15. The van der Waals surface area contributed by atoms with Gasteiger partial charge < -0.3 is 0 Å². The van der Waals surface area contributed by atoms with Crippen LogP contribution in [0.25, 0.3) is 0 Å². The minimum absolute atomic E-state index is 0.961. The first-order valence-corrected chi connectivity index (χ1v) is 4.60. The molecule has 0 aromatic rings. The quantitative estimate of drug-likeness (QED) is 0.438. The minimum atomic E-state index is 0.961. The minimum Gasteiger partial charge on any atom is -0.0823 e. The fraction of sp³-hybridized carbons (Fsp3) is 1.00. The van der Waals surface area contributed by atoms with Gasteiger partial charge in [-0.15, -0.1) is 0 Å². The first-order chi connectivity index (χ1) is 3.72. The molecular weight excluding hydrogens is 211 g/mol. The van der Waals surface area contributed by atoms with Gasteiger partial charge in [-0.1, -0.05) is 36.4 Å². The third-order valence-corrected chi connectivity index (χ3v) is 4.12. The molecule has 0 heterocycles. The molecule has 1 aliphatic carbocycles. The molecular formula is C7H13I. The fourth-order valence-corrected chi connectivity index (χ4v) is 2.37. The molecule has 1 aliphatic rings. The summed E-state index contributed by atoms with van der Waals surface area (Å²) in [5, 5.41) is 0. The van der Waals surface area contributed by atoms with Crippen LogP contribution >= 0.6 is 22.6 Å². The van der Waals surface area contributed by atoms with Crippen LogP contribution in [0.3, 0.4) is 0 Å². The molecule has 1 fully saturated rings. The van der Waals surface area contributed by atoms with Gasteiger partial charge in [-0.2, -0.15) is 0 Å². The first kappa shape index (κ1) is 6.84. The Balaban J connectivity index is 2.44. The number of alkyl halides is 1. The lowest BCUT2D eigenvalue weighted by Crippen LogP contribution is -2.06. The second kappa shape index (κ2) is 2.54. The highest BCUT2D eigenvalue weighted by Gasteiger charge is 2.26. The van der Waals surface area contributed by atoms with Crippen molar-refractivity contribution in [3.63, 3.8) is 0 Å². The van der Waals surface area contributed by atoms with E-state index >= 15 is 0 Å². The summed E-state index contributed by atoms with van der Waals surface area (Å²) in [6.45, 7) is 4.73. The summed E-state index contributed by atoms with van der Waals surface area (Å²) in [7, 11) is 0. The van der Waals surface area contributed by atoms with E-state index in [1.807, 2.05) is 0 Å². The van der Waals surface area contributed by atoms with Crippen molar-refractivity contribution in [2.24, 2.45) is 11.8 Å². The van der Waals surface area contributed by atoms with Crippen molar-refractivity contribution in [1.82, 2.24) is 0 Å². The van der Waals surface area contributed by atoms with Crippen LogP contribution in [0.15, 0.2) is 0 Å². The maximum Gasteiger partial charge on any atom is 0.0138 e. The monoisotopic (exact) mass is 224 g/mol. The molecule has 0 spiro atoms. The summed E-state index contributed by atoms with van der Waals surface area (Å²) >= 11 is 2.57. The van der Waals surface area contributed by atoms with E-state index < -0.39 is 0 Å². The molecule has 0 aromatic heterocycles. The summed E-state index contributed by atoms with van der Waals surface area (Å²) in [6, 6.07) is 0. The lowest BCUT2D eigenvalue weighted by atomic mass is 10.0. The maximum absolute atomic E-state index is 2.57. The van der Waals surface area contributed by atoms with Gasteiger partial charge in [0.05, 0.1) is 0 Å². The van der Waals surface area contributed by atoms with Gasteiger partial charge in [0.2, 0.25) is 0 Å². The van der Waals surface area contributed by atoms with Crippen LogP contribution in [0, 0.1) is 11.8 Å². The topological polar surface area (TPSA) is 0 Å². The number of rotatable bonds is 0. The second-order valence-corrected chi connectivity index (χ2v) is 4.53. The van der Waals surface area contributed by atoms with Crippen LogP contribution < -0.4 is 0 Å². The lowest BCUT2D eigenvalue weighted by molar-refractivity contribution is 0.468. The highest BCUT2D eigenvalue weighted by molar-refractivity contribution is 14.1. The average molecular weight is 224 g/mol. The van der Waals surface area contributed by atoms with Crippen LogP contribution in [0.4, 0.5) is 0 Å². The molecule has 0 N–H and O–H groups in total. The first-order valence-electron chi connectivity index (χ1n) is 3.36. The molecule has 48 valence electrons. The summed E-state index contributed by atoms with van der Waals surface area (Å²) in [5.74, 6) is 1.95. The van der Waals surface area contributed by atoms with Gasteiger partial charge in [-0.25, -0.2) is 0 Å². The predicted octanol–water partition coefficient (Wildman–Crippen LogP) is 2.86. The third-order valence-electron chi connectivity index (χ3n) is 2.37. The molecule has 0 nitrogen and oxygen atoms in total. The van der Waals surface area contributed by atoms with Gasteiger partial charge in [0.25, 0.3) is 0 Å². The maximum atomic E-state index is 2.57. The Bertz CT molecular complexity index is 70.5. The Morgan fingerprint density at radius 2 is 1.88 bits per heavy atom. The number of halogens is 1. The Hall–Kier alpha value is 0.730. The van der Waals surface area contributed by atoms with Crippen LogP contribution in [0.1, 0.15) is 26.7 Å². The van der Waals surface area contributed by atoms with E-state index in [-0.39, 0.29) is 0 Å². The third kappa shape index (κ3) is 1.17. The zero-order valence-electron chi connectivity index (χ0n) is 5.52. The molecule has 0 radical (unpaired) electrons. The molecule has 3 atom stereocenters. The molecule has 1 heteroatoms. The van der Waals surface area contributed by atoms with Gasteiger partial charge in [-0.05, 0) is 24.7 Å². The van der Waals surface area contributed by atoms with E-state index in [9.17, 15) is 0 Å². The lowest BCUT2D eigenvalue weighted by Gasteiger charge is -2.10. The SMILES string of the molecule is C[C@H]1[C@H](C)CC[C@@H]1I.